The largest absolute Gasteiger partial charge is 0.482 e. The van der Waals surface area contributed by atoms with Crippen LogP contribution >= 0.6 is 0 Å². The molecule has 3 aromatic carbocycles. The summed E-state index contributed by atoms with van der Waals surface area (Å²) in [6.07, 6.45) is 1.78. The van der Waals surface area contributed by atoms with Crippen molar-refractivity contribution in [3.8, 4) is 17.5 Å². The van der Waals surface area contributed by atoms with E-state index in [1.54, 1.807) is 30.6 Å². The molecular weight excluding hydrogens is 352 g/mol. The molecule has 0 bridgehead atoms. The molecule has 4 rings (SSSR count). The van der Waals surface area contributed by atoms with Crippen molar-refractivity contribution in [1.29, 1.82) is 5.26 Å². The molecule has 0 saturated heterocycles. The number of carbonyl (C=O) groups excluding carboxylic acids is 1. The highest BCUT2D eigenvalue weighted by molar-refractivity contribution is 5.92. The van der Waals surface area contributed by atoms with E-state index in [1.807, 2.05) is 59.2 Å². The average molecular weight is 368 g/mol. The zero-order valence-corrected chi connectivity index (χ0v) is 14.9. The van der Waals surface area contributed by atoms with Crippen LogP contribution in [0.1, 0.15) is 5.56 Å². The summed E-state index contributed by atoms with van der Waals surface area (Å²) in [4.78, 5) is 16.5. The number of hydrogen-bond donors (Lipinski definition) is 1. The standard InChI is InChI=1S/C22H16N4O2/c23-13-16-5-1-4-8-21(16)28-14-22(27)25-17-9-11-18(12-10-17)26-15-24-19-6-2-3-7-20(19)26/h1-12,15H,14H2,(H,25,27). The van der Waals surface area contributed by atoms with Crippen molar-refractivity contribution >= 4 is 22.6 Å². The number of nitriles is 1. The molecule has 0 aliphatic heterocycles. The summed E-state index contributed by atoms with van der Waals surface area (Å²) in [6, 6.07) is 24.2. The van der Waals surface area contributed by atoms with Crippen LogP contribution in [0.5, 0.6) is 5.75 Å². The number of ether oxygens (including phenoxy) is 1. The van der Waals surface area contributed by atoms with E-state index in [4.69, 9.17) is 10.00 Å². The van der Waals surface area contributed by atoms with E-state index in [1.165, 1.54) is 0 Å². The van der Waals surface area contributed by atoms with Gasteiger partial charge < -0.3 is 10.1 Å². The summed E-state index contributed by atoms with van der Waals surface area (Å²) in [6.45, 7) is -0.174. The van der Waals surface area contributed by atoms with Crippen molar-refractivity contribution in [2.24, 2.45) is 0 Å². The van der Waals surface area contributed by atoms with Gasteiger partial charge in [0, 0.05) is 11.4 Å². The topological polar surface area (TPSA) is 79.9 Å². The van der Waals surface area contributed by atoms with Crippen molar-refractivity contribution in [2.45, 2.75) is 0 Å². The second-order valence-electron chi connectivity index (χ2n) is 6.09. The van der Waals surface area contributed by atoms with E-state index in [0.29, 0.717) is 17.0 Å². The first-order valence-electron chi connectivity index (χ1n) is 8.69. The van der Waals surface area contributed by atoms with Crippen LogP contribution in [0, 0.1) is 11.3 Å². The normalized spacial score (nSPS) is 10.4. The van der Waals surface area contributed by atoms with Gasteiger partial charge >= 0.3 is 0 Å². The zero-order chi connectivity index (χ0) is 19.3. The Hall–Kier alpha value is -4.11. The smallest absolute Gasteiger partial charge is 0.262 e. The first kappa shape index (κ1) is 17.3. The average Bonchev–Trinajstić information content (AvgIpc) is 3.17. The Morgan fingerprint density at radius 1 is 1.04 bits per heavy atom. The second-order valence-corrected chi connectivity index (χ2v) is 6.09. The Kier molecular flexibility index (Phi) is 4.72. The molecule has 0 atom stereocenters. The minimum Gasteiger partial charge on any atom is -0.482 e. The van der Waals surface area contributed by atoms with Crippen LogP contribution in [0.4, 0.5) is 5.69 Å². The maximum absolute atomic E-state index is 12.1. The second kappa shape index (κ2) is 7.64. The molecule has 1 amide bonds. The number of imidazole rings is 1. The first-order chi connectivity index (χ1) is 13.7. The highest BCUT2D eigenvalue weighted by Gasteiger charge is 2.08. The molecule has 1 aromatic heterocycles. The third-order valence-electron chi connectivity index (χ3n) is 4.25. The fourth-order valence-corrected chi connectivity index (χ4v) is 2.90. The van der Waals surface area contributed by atoms with Crippen molar-refractivity contribution in [3.05, 3.63) is 84.7 Å². The van der Waals surface area contributed by atoms with Gasteiger partial charge in [0.2, 0.25) is 0 Å². The van der Waals surface area contributed by atoms with Crippen LogP contribution in [-0.2, 0) is 4.79 Å². The van der Waals surface area contributed by atoms with E-state index >= 15 is 0 Å². The molecule has 0 fully saturated rings. The van der Waals surface area contributed by atoms with Crippen molar-refractivity contribution < 1.29 is 9.53 Å². The van der Waals surface area contributed by atoms with Gasteiger partial charge in [-0.2, -0.15) is 5.26 Å². The summed E-state index contributed by atoms with van der Waals surface area (Å²) in [5.41, 5.74) is 3.95. The van der Waals surface area contributed by atoms with Crippen LogP contribution in [-0.4, -0.2) is 22.1 Å². The fourth-order valence-electron chi connectivity index (χ4n) is 2.90. The van der Waals surface area contributed by atoms with Gasteiger partial charge in [-0.1, -0.05) is 24.3 Å². The zero-order valence-electron chi connectivity index (χ0n) is 14.9. The van der Waals surface area contributed by atoms with Gasteiger partial charge in [0.15, 0.2) is 6.61 Å². The van der Waals surface area contributed by atoms with Crippen molar-refractivity contribution in [1.82, 2.24) is 9.55 Å². The number of benzene rings is 3. The van der Waals surface area contributed by atoms with E-state index < -0.39 is 0 Å². The number of amides is 1. The van der Waals surface area contributed by atoms with Gasteiger partial charge in [-0.05, 0) is 48.5 Å². The summed E-state index contributed by atoms with van der Waals surface area (Å²) < 4.78 is 7.43. The van der Waals surface area contributed by atoms with Crippen LogP contribution in [0.3, 0.4) is 0 Å². The summed E-state index contributed by atoms with van der Waals surface area (Å²) >= 11 is 0. The number of para-hydroxylation sites is 3. The van der Waals surface area contributed by atoms with Gasteiger partial charge in [-0.3, -0.25) is 9.36 Å². The molecule has 0 unspecified atom stereocenters. The maximum atomic E-state index is 12.1. The third-order valence-corrected chi connectivity index (χ3v) is 4.25. The summed E-state index contributed by atoms with van der Waals surface area (Å²) in [5, 5.41) is 11.8. The maximum Gasteiger partial charge on any atom is 0.262 e. The predicted molar refractivity (Wildman–Crippen MR) is 106 cm³/mol. The molecule has 28 heavy (non-hydrogen) atoms. The Labute approximate surface area is 161 Å². The van der Waals surface area contributed by atoms with Crippen LogP contribution in [0.2, 0.25) is 0 Å². The minimum absolute atomic E-state index is 0.174. The molecule has 0 aliphatic rings. The van der Waals surface area contributed by atoms with E-state index in [2.05, 4.69) is 10.3 Å². The van der Waals surface area contributed by atoms with E-state index in [0.717, 1.165) is 16.7 Å². The Morgan fingerprint density at radius 3 is 2.61 bits per heavy atom. The van der Waals surface area contributed by atoms with Gasteiger partial charge in [-0.15, -0.1) is 0 Å². The minimum atomic E-state index is -0.298. The molecule has 0 aliphatic carbocycles. The SMILES string of the molecule is N#Cc1ccccc1OCC(=O)Nc1ccc(-n2cnc3ccccc32)cc1. The highest BCUT2D eigenvalue weighted by atomic mass is 16.5. The van der Waals surface area contributed by atoms with Crippen molar-refractivity contribution in [3.63, 3.8) is 0 Å². The number of hydrogen-bond acceptors (Lipinski definition) is 4. The number of anilines is 1. The van der Waals surface area contributed by atoms with Crippen LogP contribution < -0.4 is 10.1 Å². The molecule has 0 radical (unpaired) electrons. The molecule has 1 heterocycles. The van der Waals surface area contributed by atoms with Gasteiger partial charge in [0.25, 0.3) is 5.91 Å². The summed E-state index contributed by atoms with van der Waals surface area (Å²) in [5.74, 6) is 0.0936. The lowest BCUT2D eigenvalue weighted by Gasteiger charge is -2.09. The van der Waals surface area contributed by atoms with E-state index in [-0.39, 0.29) is 12.5 Å². The van der Waals surface area contributed by atoms with Gasteiger partial charge in [0.1, 0.15) is 18.1 Å². The monoisotopic (exact) mass is 368 g/mol. The molecule has 0 spiro atoms. The third kappa shape index (κ3) is 3.55. The lowest BCUT2D eigenvalue weighted by molar-refractivity contribution is -0.118. The highest BCUT2D eigenvalue weighted by Crippen LogP contribution is 2.20. The molecule has 0 saturated carbocycles. The number of rotatable bonds is 5. The Morgan fingerprint density at radius 2 is 1.79 bits per heavy atom. The molecule has 1 N–H and O–H groups in total. The first-order valence-corrected chi connectivity index (χ1v) is 8.69. The summed E-state index contributed by atoms with van der Waals surface area (Å²) in [7, 11) is 0. The number of fused-ring (bicyclic) bond motifs is 1. The Bertz CT molecular complexity index is 1170. The Balaban J connectivity index is 1.42. The fraction of sp³-hybridized carbons (Fsp3) is 0.0455. The molecule has 6 nitrogen and oxygen atoms in total. The number of nitrogens with zero attached hydrogens (tertiary/aromatic N) is 3. The molecular formula is C22H16N4O2. The quantitative estimate of drug-likeness (QED) is 0.579. The van der Waals surface area contributed by atoms with E-state index in [9.17, 15) is 4.79 Å². The molecule has 4 aromatic rings. The number of nitrogens with one attached hydrogen (secondary N) is 1. The van der Waals surface area contributed by atoms with Crippen LogP contribution in [0.15, 0.2) is 79.1 Å². The lowest BCUT2D eigenvalue weighted by atomic mass is 10.2. The molecule has 136 valence electrons. The lowest BCUT2D eigenvalue weighted by Crippen LogP contribution is -2.20. The predicted octanol–water partition coefficient (Wildman–Crippen LogP) is 3.91. The van der Waals surface area contributed by atoms with Gasteiger partial charge in [0.05, 0.1) is 16.6 Å². The van der Waals surface area contributed by atoms with Crippen LogP contribution in [0.25, 0.3) is 16.7 Å². The molecule has 6 heteroatoms. The van der Waals surface area contributed by atoms with Gasteiger partial charge in [-0.25, -0.2) is 4.98 Å². The number of aromatic nitrogens is 2. The van der Waals surface area contributed by atoms with Crippen molar-refractivity contribution in [2.75, 3.05) is 11.9 Å². The number of carbonyl (C=O) groups is 1.